The van der Waals surface area contributed by atoms with Crippen LogP contribution in [0.15, 0.2) is 16.6 Å². The molecular weight excluding hydrogens is 315 g/mol. The summed E-state index contributed by atoms with van der Waals surface area (Å²) in [6, 6.07) is 2.47. The highest BCUT2D eigenvalue weighted by Crippen LogP contribution is 2.31. The van der Waals surface area contributed by atoms with Crippen molar-refractivity contribution in [1.29, 1.82) is 0 Å². The number of anilines is 1. The molecule has 1 aromatic carbocycles. The Labute approximate surface area is 120 Å². The summed E-state index contributed by atoms with van der Waals surface area (Å²) in [4.78, 5) is 10.3. The molecule has 1 unspecified atom stereocenters. The quantitative estimate of drug-likeness (QED) is 0.440. The zero-order chi connectivity index (χ0) is 14.4. The highest BCUT2D eigenvalue weighted by Gasteiger charge is 2.18. The first-order chi connectivity index (χ1) is 8.95. The standard InChI is InChI=1S/C13H18BrFN2O2/c1-3-4-5-6-9(2)16-12-7-10(14)11(15)8-13(12)17(18)19/h7-9,16H,3-6H2,1-2H3. The van der Waals surface area contributed by atoms with Crippen LogP contribution in [0.25, 0.3) is 0 Å². The molecule has 0 aliphatic rings. The summed E-state index contributed by atoms with van der Waals surface area (Å²) in [6.07, 6.45) is 4.27. The first-order valence-corrected chi connectivity index (χ1v) is 7.15. The van der Waals surface area contributed by atoms with Gasteiger partial charge in [-0.15, -0.1) is 0 Å². The minimum Gasteiger partial charge on any atom is -0.377 e. The van der Waals surface area contributed by atoms with E-state index in [1.165, 1.54) is 6.07 Å². The van der Waals surface area contributed by atoms with Gasteiger partial charge in [0.25, 0.3) is 5.69 Å². The Balaban J connectivity index is 2.81. The molecule has 1 rings (SSSR count). The molecular formula is C13H18BrFN2O2. The van der Waals surface area contributed by atoms with Crippen molar-refractivity contribution in [3.8, 4) is 0 Å². The Morgan fingerprint density at radius 3 is 2.74 bits per heavy atom. The van der Waals surface area contributed by atoms with Crippen molar-refractivity contribution in [3.63, 3.8) is 0 Å². The van der Waals surface area contributed by atoms with Crippen LogP contribution < -0.4 is 5.32 Å². The Bertz CT molecular complexity index is 455. The van der Waals surface area contributed by atoms with Gasteiger partial charge in [0.2, 0.25) is 0 Å². The van der Waals surface area contributed by atoms with Crippen molar-refractivity contribution in [2.45, 2.75) is 45.6 Å². The van der Waals surface area contributed by atoms with Crippen molar-refractivity contribution in [1.82, 2.24) is 0 Å². The van der Waals surface area contributed by atoms with E-state index in [0.29, 0.717) is 5.69 Å². The Kier molecular flexibility index (Phi) is 6.21. The largest absolute Gasteiger partial charge is 0.377 e. The number of hydrogen-bond donors (Lipinski definition) is 1. The number of nitrogens with zero attached hydrogens (tertiary/aromatic N) is 1. The van der Waals surface area contributed by atoms with Crippen molar-refractivity contribution in [2.75, 3.05) is 5.32 Å². The van der Waals surface area contributed by atoms with Gasteiger partial charge >= 0.3 is 0 Å². The lowest BCUT2D eigenvalue weighted by molar-refractivity contribution is -0.384. The fourth-order valence-corrected chi connectivity index (χ4v) is 2.18. The first kappa shape index (κ1) is 15.9. The second-order valence-electron chi connectivity index (χ2n) is 4.58. The number of benzene rings is 1. The van der Waals surface area contributed by atoms with E-state index in [9.17, 15) is 14.5 Å². The van der Waals surface area contributed by atoms with Gasteiger partial charge in [0.1, 0.15) is 11.5 Å². The second-order valence-corrected chi connectivity index (χ2v) is 5.44. The van der Waals surface area contributed by atoms with Crippen LogP contribution in [-0.4, -0.2) is 11.0 Å². The monoisotopic (exact) mass is 332 g/mol. The van der Waals surface area contributed by atoms with E-state index in [2.05, 4.69) is 28.2 Å². The topological polar surface area (TPSA) is 55.2 Å². The molecule has 0 heterocycles. The molecule has 0 aliphatic carbocycles. The molecule has 4 nitrogen and oxygen atoms in total. The molecule has 0 bridgehead atoms. The van der Waals surface area contributed by atoms with Gasteiger partial charge in [0, 0.05) is 6.04 Å². The van der Waals surface area contributed by atoms with Gasteiger partial charge in [0.05, 0.1) is 15.5 Å². The number of nitro benzene ring substituents is 1. The number of halogens is 2. The van der Waals surface area contributed by atoms with Gasteiger partial charge in [0.15, 0.2) is 0 Å². The van der Waals surface area contributed by atoms with Gasteiger partial charge < -0.3 is 5.32 Å². The van der Waals surface area contributed by atoms with Crippen LogP contribution in [0, 0.1) is 15.9 Å². The van der Waals surface area contributed by atoms with Crippen LogP contribution in [0.4, 0.5) is 15.8 Å². The lowest BCUT2D eigenvalue weighted by Gasteiger charge is -2.15. The molecule has 0 fully saturated rings. The third-order valence-corrected chi connectivity index (χ3v) is 3.49. The zero-order valence-electron chi connectivity index (χ0n) is 11.1. The van der Waals surface area contributed by atoms with E-state index in [1.807, 2.05) is 6.92 Å². The van der Waals surface area contributed by atoms with E-state index in [1.54, 1.807) is 0 Å². The van der Waals surface area contributed by atoms with Gasteiger partial charge in [-0.2, -0.15) is 0 Å². The Morgan fingerprint density at radius 2 is 2.16 bits per heavy atom. The summed E-state index contributed by atoms with van der Waals surface area (Å²) in [5.74, 6) is -0.629. The number of hydrogen-bond acceptors (Lipinski definition) is 3. The van der Waals surface area contributed by atoms with Crippen molar-refractivity contribution < 1.29 is 9.31 Å². The molecule has 0 spiro atoms. The van der Waals surface area contributed by atoms with Crippen LogP contribution in [0.2, 0.25) is 0 Å². The molecule has 0 radical (unpaired) electrons. The number of nitro groups is 1. The predicted molar refractivity (Wildman–Crippen MR) is 78.0 cm³/mol. The van der Waals surface area contributed by atoms with Crippen LogP contribution in [0.1, 0.15) is 39.5 Å². The SMILES string of the molecule is CCCCCC(C)Nc1cc(Br)c(F)cc1[N+](=O)[O-]. The highest BCUT2D eigenvalue weighted by molar-refractivity contribution is 9.10. The molecule has 106 valence electrons. The van der Waals surface area contributed by atoms with E-state index in [-0.39, 0.29) is 16.2 Å². The minimum atomic E-state index is -0.629. The van der Waals surface area contributed by atoms with Crippen LogP contribution in [-0.2, 0) is 0 Å². The van der Waals surface area contributed by atoms with E-state index in [0.717, 1.165) is 31.7 Å². The summed E-state index contributed by atoms with van der Waals surface area (Å²) >= 11 is 3.05. The van der Waals surface area contributed by atoms with E-state index < -0.39 is 10.7 Å². The lowest BCUT2D eigenvalue weighted by Crippen LogP contribution is -2.16. The molecule has 19 heavy (non-hydrogen) atoms. The third-order valence-electron chi connectivity index (χ3n) is 2.88. The second kappa shape index (κ2) is 7.43. The fourth-order valence-electron chi connectivity index (χ4n) is 1.84. The molecule has 0 saturated carbocycles. The fraction of sp³-hybridized carbons (Fsp3) is 0.538. The molecule has 1 aromatic rings. The maximum Gasteiger partial charge on any atom is 0.295 e. The normalized spacial score (nSPS) is 12.2. The zero-order valence-corrected chi connectivity index (χ0v) is 12.7. The summed E-state index contributed by atoms with van der Waals surface area (Å²) < 4.78 is 13.5. The summed E-state index contributed by atoms with van der Waals surface area (Å²) in [5.41, 5.74) is 0.116. The molecule has 0 aromatic heterocycles. The van der Waals surface area contributed by atoms with Gasteiger partial charge in [-0.25, -0.2) is 4.39 Å². The van der Waals surface area contributed by atoms with Crippen LogP contribution >= 0.6 is 15.9 Å². The number of unbranched alkanes of at least 4 members (excludes halogenated alkanes) is 2. The molecule has 0 aliphatic heterocycles. The average molecular weight is 333 g/mol. The molecule has 0 amide bonds. The van der Waals surface area contributed by atoms with Gasteiger partial charge in [-0.05, 0) is 35.3 Å². The van der Waals surface area contributed by atoms with Crippen LogP contribution in [0.3, 0.4) is 0 Å². The summed E-state index contributed by atoms with van der Waals surface area (Å²) in [7, 11) is 0. The number of nitrogens with one attached hydrogen (secondary N) is 1. The van der Waals surface area contributed by atoms with Crippen molar-refractivity contribution >= 4 is 27.3 Å². The van der Waals surface area contributed by atoms with Gasteiger partial charge in [-0.1, -0.05) is 26.2 Å². The number of rotatable bonds is 7. The van der Waals surface area contributed by atoms with E-state index in [4.69, 9.17) is 0 Å². The molecule has 1 N–H and O–H groups in total. The van der Waals surface area contributed by atoms with Crippen molar-refractivity contribution in [2.24, 2.45) is 0 Å². The lowest BCUT2D eigenvalue weighted by atomic mass is 10.1. The first-order valence-electron chi connectivity index (χ1n) is 6.35. The van der Waals surface area contributed by atoms with Crippen molar-refractivity contribution in [3.05, 3.63) is 32.5 Å². The maximum atomic E-state index is 13.3. The van der Waals surface area contributed by atoms with E-state index >= 15 is 0 Å². The smallest absolute Gasteiger partial charge is 0.295 e. The van der Waals surface area contributed by atoms with Crippen LogP contribution in [0.5, 0.6) is 0 Å². The maximum absolute atomic E-state index is 13.3. The minimum absolute atomic E-state index is 0.114. The van der Waals surface area contributed by atoms with Gasteiger partial charge in [-0.3, -0.25) is 10.1 Å². The third kappa shape index (κ3) is 4.78. The molecule has 1 atom stereocenters. The Hall–Kier alpha value is -1.17. The molecule has 0 saturated heterocycles. The molecule has 6 heteroatoms. The Morgan fingerprint density at radius 1 is 1.47 bits per heavy atom. The summed E-state index contributed by atoms with van der Waals surface area (Å²) in [5, 5.41) is 14.0. The average Bonchev–Trinajstić information content (AvgIpc) is 2.33. The highest BCUT2D eigenvalue weighted by atomic mass is 79.9. The summed E-state index contributed by atoms with van der Waals surface area (Å²) in [6.45, 7) is 4.09. The predicted octanol–water partition coefficient (Wildman–Crippen LogP) is 4.88.